The number of carbonyl (C=O) groups excluding carboxylic acids is 3. The van der Waals surface area contributed by atoms with Crippen LogP contribution in [0, 0.1) is 0 Å². The average molecular weight is 289 g/mol. The summed E-state index contributed by atoms with van der Waals surface area (Å²) in [5.41, 5.74) is -1.58. The number of carbonyl (C=O) groups is 3. The number of rotatable bonds is 4. The average Bonchev–Trinajstić information content (AvgIpc) is 2.35. The number of esters is 1. The number of aliphatic hydroxyl groups is 1. The molecule has 0 heterocycles. The Morgan fingerprint density at radius 3 is 2.21 bits per heavy atom. The topological polar surface area (TPSA) is 127 Å². The molecule has 0 saturated carbocycles. The van der Waals surface area contributed by atoms with Crippen LogP contribution < -0.4 is 10.2 Å². The number of carboxylic acid groups (broad SMARTS) is 2. The second kappa shape index (κ2) is 8.90. The molecule has 0 atom stereocenters. The third-order valence-electron chi connectivity index (χ3n) is 1.66. The summed E-state index contributed by atoms with van der Waals surface area (Å²) < 4.78 is 4.61. The summed E-state index contributed by atoms with van der Waals surface area (Å²) in [5, 5.41) is 27.6. The zero-order valence-electron chi connectivity index (χ0n) is 9.50. The molecule has 1 aromatic rings. The summed E-state index contributed by atoms with van der Waals surface area (Å²) in [7, 11) is 0. The van der Waals surface area contributed by atoms with E-state index in [0.29, 0.717) is 0 Å². The van der Waals surface area contributed by atoms with Gasteiger partial charge in [0.2, 0.25) is 0 Å². The predicted octanol–water partition coefficient (Wildman–Crippen LogP) is -1.23. The minimum Gasteiger partial charge on any atom is -0.545 e. The SMILES string of the molecule is O=C([O-])Cl.O=C([O-])c1cccc(C(=O)OCCO)c1. The minimum absolute atomic E-state index is 0.0894. The Balaban J connectivity index is 0.000000711. The van der Waals surface area contributed by atoms with E-state index in [2.05, 4.69) is 16.3 Å². The lowest BCUT2D eigenvalue weighted by Gasteiger charge is -2.05. The van der Waals surface area contributed by atoms with E-state index in [1.54, 1.807) is 0 Å². The molecule has 104 valence electrons. The van der Waals surface area contributed by atoms with Crippen molar-refractivity contribution in [3.63, 3.8) is 0 Å². The van der Waals surface area contributed by atoms with Crippen molar-refractivity contribution in [1.82, 2.24) is 0 Å². The predicted molar refractivity (Wildman–Crippen MR) is 59.4 cm³/mol. The van der Waals surface area contributed by atoms with Crippen LogP contribution in [0.5, 0.6) is 0 Å². The Bertz CT molecular complexity index is 454. The molecule has 1 aromatic carbocycles. The number of aromatic carboxylic acids is 1. The minimum atomic E-state index is -1.61. The molecule has 8 heteroatoms. The molecule has 0 fully saturated rings. The standard InChI is InChI=1S/C10H10O5.CHClO2/c11-4-5-15-10(14)8-3-1-2-7(6-8)9(12)13;2-1(3)4/h1-3,6,11H,4-5H2,(H,12,13);(H,3,4)/p-2. The van der Waals surface area contributed by atoms with Crippen LogP contribution >= 0.6 is 11.6 Å². The largest absolute Gasteiger partial charge is 0.545 e. The number of benzene rings is 1. The third-order valence-corrected chi connectivity index (χ3v) is 1.66. The highest BCUT2D eigenvalue weighted by molar-refractivity contribution is 6.59. The number of hydrogen-bond acceptors (Lipinski definition) is 7. The molecule has 0 spiro atoms. The van der Waals surface area contributed by atoms with Gasteiger partial charge in [0.1, 0.15) is 12.0 Å². The van der Waals surface area contributed by atoms with Crippen LogP contribution in [-0.4, -0.2) is 35.7 Å². The fraction of sp³-hybridized carbons (Fsp3) is 0.182. The maximum atomic E-state index is 11.2. The number of carboxylic acids is 1. The van der Waals surface area contributed by atoms with Gasteiger partial charge in [0, 0.05) is 0 Å². The van der Waals surface area contributed by atoms with Crippen LogP contribution in [0.3, 0.4) is 0 Å². The van der Waals surface area contributed by atoms with E-state index in [1.807, 2.05) is 0 Å². The van der Waals surface area contributed by atoms with Gasteiger partial charge in [-0.15, -0.1) is 0 Å². The first-order valence-electron chi connectivity index (χ1n) is 4.84. The van der Waals surface area contributed by atoms with E-state index in [0.717, 1.165) is 6.07 Å². The maximum absolute atomic E-state index is 11.2. The molecule has 0 radical (unpaired) electrons. The molecule has 1 N–H and O–H groups in total. The highest BCUT2D eigenvalue weighted by Crippen LogP contribution is 2.06. The van der Waals surface area contributed by atoms with Gasteiger partial charge in [-0.2, -0.15) is 0 Å². The van der Waals surface area contributed by atoms with E-state index < -0.39 is 17.4 Å². The Labute approximate surface area is 113 Å². The molecule has 0 bridgehead atoms. The number of aliphatic hydroxyl groups excluding tert-OH is 1. The van der Waals surface area contributed by atoms with E-state index in [4.69, 9.17) is 15.0 Å². The fourth-order valence-corrected chi connectivity index (χ4v) is 0.995. The molecule has 19 heavy (non-hydrogen) atoms. The van der Waals surface area contributed by atoms with Crippen molar-refractivity contribution in [3.05, 3.63) is 35.4 Å². The number of ether oxygens (including phenoxy) is 1. The van der Waals surface area contributed by atoms with E-state index in [1.165, 1.54) is 18.2 Å². The first-order valence-corrected chi connectivity index (χ1v) is 5.22. The zero-order valence-corrected chi connectivity index (χ0v) is 10.3. The number of halogens is 1. The lowest BCUT2D eigenvalue weighted by molar-refractivity contribution is -0.255. The summed E-state index contributed by atoms with van der Waals surface area (Å²) in [4.78, 5) is 30.4. The first-order chi connectivity index (χ1) is 8.88. The van der Waals surface area contributed by atoms with Crippen LogP contribution in [0.15, 0.2) is 24.3 Å². The van der Waals surface area contributed by atoms with Crippen molar-refractivity contribution >= 4 is 29.0 Å². The maximum Gasteiger partial charge on any atom is 0.338 e. The molecule has 0 amide bonds. The summed E-state index contributed by atoms with van der Waals surface area (Å²) in [6.07, 6.45) is 0. The first kappa shape index (κ1) is 16.9. The van der Waals surface area contributed by atoms with Crippen molar-refractivity contribution in [2.45, 2.75) is 0 Å². The second-order valence-corrected chi connectivity index (χ2v) is 3.27. The monoisotopic (exact) mass is 288 g/mol. The van der Waals surface area contributed by atoms with Gasteiger partial charge in [-0.3, -0.25) is 0 Å². The van der Waals surface area contributed by atoms with E-state index in [-0.39, 0.29) is 24.3 Å². The molecule has 0 aliphatic rings. The van der Waals surface area contributed by atoms with Gasteiger partial charge >= 0.3 is 5.97 Å². The summed E-state index contributed by atoms with van der Waals surface area (Å²) in [5.74, 6) is -2.03. The van der Waals surface area contributed by atoms with Crippen molar-refractivity contribution in [1.29, 1.82) is 0 Å². The lowest BCUT2D eigenvalue weighted by atomic mass is 10.1. The highest BCUT2D eigenvalue weighted by atomic mass is 35.5. The molecule has 0 aromatic heterocycles. The Morgan fingerprint density at radius 2 is 1.74 bits per heavy atom. The van der Waals surface area contributed by atoms with Gasteiger partial charge in [-0.05, 0) is 17.7 Å². The van der Waals surface area contributed by atoms with Gasteiger partial charge in [0.15, 0.2) is 0 Å². The highest BCUT2D eigenvalue weighted by Gasteiger charge is 2.07. The quantitative estimate of drug-likeness (QED) is 0.542. The molecule has 1 rings (SSSR count). The molecular weight excluding hydrogens is 280 g/mol. The smallest absolute Gasteiger partial charge is 0.338 e. The zero-order chi connectivity index (χ0) is 14.8. The Morgan fingerprint density at radius 1 is 1.21 bits per heavy atom. The van der Waals surface area contributed by atoms with Crippen LogP contribution in [0.1, 0.15) is 20.7 Å². The van der Waals surface area contributed by atoms with Crippen LogP contribution in [-0.2, 0) is 4.74 Å². The van der Waals surface area contributed by atoms with E-state index >= 15 is 0 Å². The molecule has 0 aliphatic carbocycles. The molecule has 0 saturated heterocycles. The second-order valence-electron chi connectivity index (χ2n) is 2.97. The molecule has 0 unspecified atom stereocenters. The molecule has 0 aliphatic heterocycles. The summed E-state index contributed by atoms with van der Waals surface area (Å²) >= 11 is 4.08. The van der Waals surface area contributed by atoms with Gasteiger partial charge in [-0.25, -0.2) is 4.79 Å². The lowest BCUT2D eigenvalue weighted by Crippen LogP contribution is -2.22. The Kier molecular flexibility index (Phi) is 7.90. The summed E-state index contributed by atoms with van der Waals surface area (Å²) in [6, 6.07) is 5.32. The van der Waals surface area contributed by atoms with Crippen molar-refractivity contribution in [2.24, 2.45) is 0 Å². The van der Waals surface area contributed by atoms with Crippen LogP contribution in [0.2, 0.25) is 0 Å². The van der Waals surface area contributed by atoms with Crippen molar-refractivity contribution in [3.8, 4) is 0 Å². The van der Waals surface area contributed by atoms with Crippen LogP contribution in [0.4, 0.5) is 4.79 Å². The third kappa shape index (κ3) is 7.74. The normalized spacial score (nSPS) is 8.95. The molecular formula is C11H9ClO7-2. The van der Waals surface area contributed by atoms with Crippen molar-refractivity contribution < 1.29 is 34.4 Å². The van der Waals surface area contributed by atoms with Gasteiger partial charge in [0.25, 0.3) is 0 Å². The van der Waals surface area contributed by atoms with Crippen LogP contribution in [0.25, 0.3) is 0 Å². The summed E-state index contributed by atoms with van der Waals surface area (Å²) in [6.45, 7) is -0.389. The van der Waals surface area contributed by atoms with Gasteiger partial charge < -0.3 is 29.6 Å². The fourth-order valence-electron chi connectivity index (χ4n) is 0.995. The van der Waals surface area contributed by atoms with Gasteiger partial charge in [0.05, 0.1) is 18.1 Å². The Hall–Kier alpha value is -2.12. The number of hydrogen-bond donors (Lipinski definition) is 1. The van der Waals surface area contributed by atoms with Crippen molar-refractivity contribution in [2.75, 3.05) is 13.2 Å². The van der Waals surface area contributed by atoms with E-state index in [9.17, 15) is 14.7 Å². The molecule has 7 nitrogen and oxygen atoms in total. The van der Waals surface area contributed by atoms with Gasteiger partial charge in [-0.1, -0.05) is 23.7 Å².